The standard InChI is InChI=1S/C14H16N4O3/c1-10-4-2-5-11(8-10)18-9-12(16-17-18)14(21)15-7-3-6-13(19)20/h2,4-5,8-9H,3,6-7H2,1H3,(H,15,21)(H,19,20). The van der Waals surface area contributed by atoms with Crippen LogP contribution in [0.2, 0.25) is 0 Å². The average Bonchev–Trinajstić information content (AvgIpc) is 2.93. The third kappa shape index (κ3) is 4.13. The van der Waals surface area contributed by atoms with Gasteiger partial charge in [-0.1, -0.05) is 17.3 Å². The first kappa shape index (κ1) is 14.7. The molecule has 0 saturated carbocycles. The second-order valence-corrected chi connectivity index (χ2v) is 4.64. The van der Waals surface area contributed by atoms with Crippen molar-refractivity contribution in [3.05, 3.63) is 41.7 Å². The van der Waals surface area contributed by atoms with Crippen molar-refractivity contribution in [2.75, 3.05) is 6.54 Å². The number of amides is 1. The summed E-state index contributed by atoms with van der Waals surface area (Å²) in [5, 5.41) is 18.9. The zero-order valence-corrected chi connectivity index (χ0v) is 11.6. The van der Waals surface area contributed by atoms with Crippen molar-refractivity contribution in [2.45, 2.75) is 19.8 Å². The van der Waals surface area contributed by atoms with Gasteiger partial charge in [0.2, 0.25) is 0 Å². The summed E-state index contributed by atoms with van der Waals surface area (Å²) in [6.07, 6.45) is 1.95. The molecule has 0 aliphatic carbocycles. The van der Waals surface area contributed by atoms with E-state index in [1.807, 2.05) is 31.2 Å². The Morgan fingerprint density at radius 2 is 2.19 bits per heavy atom. The molecule has 0 radical (unpaired) electrons. The minimum atomic E-state index is -0.880. The molecule has 1 amide bonds. The van der Waals surface area contributed by atoms with Gasteiger partial charge in [0.25, 0.3) is 5.91 Å². The molecule has 2 aromatic rings. The van der Waals surface area contributed by atoms with Crippen LogP contribution in [-0.2, 0) is 4.79 Å². The number of carboxylic acids is 1. The van der Waals surface area contributed by atoms with Crippen molar-refractivity contribution in [1.82, 2.24) is 20.3 Å². The second-order valence-electron chi connectivity index (χ2n) is 4.64. The fraction of sp³-hybridized carbons (Fsp3) is 0.286. The SMILES string of the molecule is Cc1cccc(-n2cc(C(=O)NCCCC(=O)O)nn2)c1. The minimum Gasteiger partial charge on any atom is -0.481 e. The molecule has 7 heteroatoms. The quantitative estimate of drug-likeness (QED) is 0.778. The molecule has 0 spiro atoms. The van der Waals surface area contributed by atoms with Crippen molar-refractivity contribution in [3.63, 3.8) is 0 Å². The number of carboxylic acid groups (broad SMARTS) is 1. The number of benzene rings is 1. The molecule has 2 N–H and O–H groups in total. The molecule has 1 heterocycles. The highest BCUT2D eigenvalue weighted by molar-refractivity contribution is 5.91. The molecule has 0 aliphatic rings. The summed E-state index contributed by atoms with van der Waals surface area (Å²) in [7, 11) is 0. The third-order valence-electron chi connectivity index (χ3n) is 2.85. The van der Waals surface area contributed by atoms with Gasteiger partial charge in [-0.05, 0) is 31.0 Å². The maximum Gasteiger partial charge on any atom is 0.303 e. The van der Waals surface area contributed by atoms with E-state index in [1.165, 1.54) is 4.68 Å². The van der Waals surface area contributed by atoms with Gasteiger partial charge in [-0.25, -0.2) is 4.68 Å². The van der Waals surface area contributed by atoms with Crippen molar-refractivity contribution >= 4 is 11.9 Å². The number of nitrogens with one attached hydrogen (secondary N) is 1. The Morgan fingerprint density at radius 3 is 2.90 bits per heavy atom. The third-order valence-corrected chi connectivity index (χ3v) is 2.85. The van der Waals surface area contributed by atoms with Crippen LogP contribution in [0.5, 0.6) is 0 Å². The van der Waals surface area contributed by atoms with Crippen LogP contribution in [0, 0.1) is 6.92 Å². The van der Waals surface area contributed by atoms with Crippen LogP contribution < -0.4 is 5.32 Å². The molecule has 21 heavy (non-hydrogen) atoms. The Morgan fingerprint density at radius 1 is 1.38 bits per heavy atom. The molecular weight excluding hydrogens is 272 g/mol. The van der Waals surface area contributed by atoms with Crippen molar-refractivity contribution in [2.24, 2.45) is 0 Å². The number of carbonyl (C=O) groups excluding carboxylic acids is 1. The summed E-state index contributed by atoms with van der Waals surface area (Å²) < 4.78 is 1.53. The second kappa shape index (κ2) is 6.65. The molecule has 0 unspecified atom stereocenters. The van der Waals surface area contributed by atoms with Crippen molar-refractivity contribution < 1.29 is 14.7 Å². The summed E-state index contributed by atoms with van der Waals surface area (Å²) in [6.45, 7) is 2.26. The monoisotopic (exact) mass is 288 g/mol. The number of nitrogens with zero attached hydrogens (tertiary/aromatic N) is 3. The largest absolute Gasteiger partial charge is 0.481 e. The smallest absolute Gasteiger partial charge is 0.303 e. The highest BCUT2D eigenvalue weighted by Gasteiger charge is 2.11. The predicted octanol–water partition coefficient (Wildman–Crippen LogP) is 1.17. The zero-order valence-electron chi connectivity index (χ0n) is 11.6. The molecule has 0 fully saturated rings. The lowest BCUT2D eigenvalue weighted by atomic mass is 10.2. The fourth-order valence-corrected chi connectivity index (χ4v) is 1.80. The highest BCUT2D eigenvalue weighted by Crippen LogP contribution is 2.09. The molecule has 0 atom stereocenters. The predicted molar refractivity (Wildman–Crippen MR) is 75.3 cm³/mol. The van der Waals surface area contributed by atoms with Crippen LogP contribution in [0.3, 0.4) is 0 Å². The van der Waals surface area contributed by atoms with E-state index in [0.717, 1.165) is 11.3 Å². The first-order valence-electron chi connectivity index (χ1n) is 6.55. The van der Waals surface area contributed by atoms with E-state index in [1.54, 1.807) is 6.20 Å². The topological polar surface area (TPSA) is 97.1 Å². The van der Waals surface area contributed by atoms with Crippen LogP contribution in [0.25, 0.3) is 5.69 Å². The van der Waals surface area contributed by atoms with E-state index >= 15 is 0 Å². The molecule has 1 aromatic heterocycles. The normalized spacial score (nSPS) is 10.3. The number of carbonyl (C=O) groups is 2. The summed E-state index contributed by atoms with van der Waals surface area (Å²) in [5.74, 6) is -1.24. The van der Waals surface area contributed by atoms with Gasteiger partial charge in [-0.3, -0.25) is 9.59 Å². The highest BCUT2D eigenvalue weighted by atomic mass is 16.4. The molecule has 0 saturated heterocycles. The van der Waals surface area contributed by atoms with E-state index in [2.05, 4.69) is 15.6 Å². The van der Waals surface area contributed by atoms with Gasteiger partial charge in [0.15, 0.2) is 5.69 Å². The summed E-state index contributed by atoms with van der Waals surface area (Å²) in [4.78, 5) is 22.2. The van der Waals surface area contributed by atoms with Gasteiger partial charge in [-0.2, -0.15) is 0 Å². The summed E-state index contributed by atoms with van der Waals surface area (Å²) in [5.41, 5.74) is 2.11. The first-order valence-corrected chi connectivity index (χ1v) is 6.55. The van der Waals surface area contributed by atoms with Gasteiger partial charge in [-0.15, -0.1) is 5.10 Å². The lowest BCUT2D eigenvalue weighted by Crippen LogP contribution is -2.25. The molecule has 1 aromatic carbocycles. The van der Waals surface area contributed by atoms with Gasteiger partial charge in [0, 0.05) is 13.0 Å². The lowest BCUT2D eigenvalue weighted by Gasteiger charge is -2.01. The van der Waals surface area contributed by atoms with Gasteiger partial charge >= 0.3 is 5.97 Å². The Hall–Kier alpha value is -2.70. The maximum absolute atomic E-state index is 11.8. The van der Waals surface area contributed by atoms with Gasteiger partial charge in [0.05, 0.1) is 11.9 Å². The zero-order chi connectivity index (χ0) is 15.2. The van der Waals surface area contributed by atoms with Gasteiger partial charge < -0.3 is 10.4 Å². The molecule has 0 aliphatic heterocycles. The van der Waals surface area contributed by atoms with Crippen molar-refractivity contribution in [3.8, 4) is 5.69 Å². The van der Waals surface area contributed by atoms with E-state index in [9.17, 15) is 9.59 Å². The number of rotatable bonds is 6. The maximum atomic E-state index is 11.8. The van der Waals surface area contributed by atoms with Crippen LogP contribution in [0.15, 0.2) is 30.5 Å². The Kier molecular flexibility index (Phi) is 4.65. The van der Waals surface area contributed by atoms with Crippen LogP contribution >= 0.6 is 0 Å². The average molecular weight is 288 g/mol. The number of hydrogen-bond acceptors (Lipinski definition) is 4. The van der Waals surface area contributed by atoms with Crippen LogP contribution in [-0.4, -0.2) is 38.5 Å². The lowest BCUT2D eigenvalue weighted by molar-refractivity contribution is -0.137. The summed E-state index contributed by atoms with van der Waals surface area (Å²) >= 11 is 0. The number of hydrogen-bond donors (Lipinski definition) is 2. The van der Waals surface area contributed by atoms with E-state index in [4.69, 9.17) is 5.11 Å². The Balaban J connectivity index is 1.96. The Bertz CT molecular complexity index is 651. The van der Waals surface area contributed by atoms with E-state index < -0.39 is 5.97 Å². The summed E-state index contributed by atoms with van der Waals surface area (Å²) in [6, 6.07) is 7.67. The van der Waals surface area contributed by atoms with Crippen LogP contribution in [0.1, 0.15) is 28.9 Å². The molecule has 7 nitrogen and oxygen atoms in total. The van der Waals surface area contributed by atoms with Crippen molar-refractivity contribution in [1.29, 1.82) is 0 Å². The van der Waals surface area contributed by atoms with Crippen LogP contribution in [0.4, 0.5) is 0 Å². The number of aryl methyl sites for hydroxylation is 1. The number of aliphatic carboxylic acids is 1. The Labute approximate surface area is 121 Å². The first-order chi connectivity index (χ1) is 10.1. The molecule has 0 bridgehead atoms. The fourth-order valence-electron chi connectivity index (χ4n) is 1.80. The van der Waals surface area contributed by atoms with Gasteiger partial charge in [0.1, 0.15) is 0 Å². The molecular formula is C14H16N4O3. The van der Waals surface area contributed by atoms with E-state index in [0.29, 0.717) is 13.0 Å². The minimum absolute atomic E-state index is 0.0241. The van der Waals surface area contributed by atoms with E-state index in [-0.39, 0.29) is 18.0 Å². The number of aromatic nitrogens is 3. The molecule has 2 rings (SSSR count). The molecule has 110 valence electrons.